The monoisotopic (exact) mass is 208 g/mol. The standard InChI is InChI=1S/C6H9O6P/c1-2-10-5(7)3-4-6(8)11-12-13-9/h2-4H2,1H3. The van der Waals surface area contributed by atoms with Crippen molar-refractivity contribution in [1.82, 2.24) is 0 Å². The van der Waals surface area contributed by atoms with Gasteiger partial charge in [0, 0.05) is 0 Å². The van der Waals surface area contributed by atoms with E-state index in [4.69, 9.17) is 0 Å². The average molecular weight is 208 g/mol. The molecule has 0 spiro atoms. The van der Waals surface area contributed by atoms with Crippen LogP contribution in [0, 0.1) is 0 Å². The van der Waals surface area contributed by atoms with Crippen LogP contribution >= 0.6 is 8.69 Å². The fraction of sp³-hybridized carbons (Fsp3) is 0.667. The molecule has 0 saturated carbocycles. The summed E-state index contributed by atoms with van der Waals surface area (Å²) in [5.41, 5.74) is 0. The Balaban J connectivity index is 3.45. The number of carbonyl (C=O) groups is 2. The molecule has 0 aromatic rings. The summed E-state index contributed by atoms with van der Waals surface area (Å²) in [6.07, 6.45) is -0.236. The molecule has 0 fully saturated rings. The van der Waals surface area contributed by atoms with Gasteiger partial charge in [0.2, 0.25) is 0 Å². The summed E-state index contributed by atoms with van der Waals surface area (Å²) in [7, 11) is -0.747. The lowest BCUT2D eigenvalue weighted by molar-refractivity contribution is -0.209. The Morgan fingerprint density at radius 2 is 1.85 bits per heavy atom. The highest BCUT2D eigenvalue weighted by Crippen LogP contribution is 2.00. The molecule has 6 nitrogen and oxygen atoms in total. The van der Waals surface area contributed by atoms with E-state index in [-0.39, 0.29) is 19.4 Å². The Morgan fingerprint density at radius 3 is 2.38 bits per heavy atom. The SMILES string of the molecule is CCOC(=O)CCC(=O)OOP=O. The first-order valence-electron chi connectivity index (χ1n) is 3.55. The number of ether oxygens (including phenoxy) is 1. The van der Waals surface area contributed by atoms with Crippen LogP contribution in [0.5, 0.6) is 0 Å². The smallest absolute Gasteiger partial charge is 0.372 e. The van der Waals surface area contributed by atoms with Crippen molar-refractivity contribution < 1.29 is 28.5 Å². The van der Waals surface area contributed by atoms with E-state index in [9.17, 15) is 14.2 Å². The second kappa shape index (κ2) is 7.64. The van der Waals surface area contributed by atoms with E-state index in [0.29, 0.717) is 0 Å². The first-order valence-corrected chi connectivity index (χ1v) is 4.28. The van der Waals surface area contributed by atoms with Crippen molar-refractivity contribution in [2.45, 2.75) is 19.8 Å². The summed E-state index contributed by atoms with van der Waals surface area (Å²) in [4.78, 5) is 25.2. The predicted octanol–water partition coefficient (Wildman–Crippen LogP) is 1.01. The Bertz CT molecular complexity index is 192. The zero-order valence-electron chi connectivity index (χ0n) is 7.02. The van der Waals surface area contributed by atoms with E-state index >= 15 is 0 Å². The molecule has 0 N–H and O–H groups in total. The van der Waals surface area contributed by atoms with E-state index in [0.717, 1.165) is 0 Å². The fourth-order valence-electron chi connectivity index (χ4n) is 0.536. The van der Waals surface area contributed by atoms with E-state index in [1.54, 1.807) is 6.92 Å². The molecule has 7 heteroatoms. The highest BCUT2D eigenvalue weighted by molar-refractivity contribution is 7.17. The van der Waals surface area contributed by atoms with Gasteiger partial charge in [-0.05, 0) is 6.92 Å². The lowest BCUT2D eigenvalue weighted by atomic mass is 10.3. The molecule has 0 radical (unpaired) electrons. The number of carbonyl (C=O) groups excluding carboxylic acids is 2. The van der Waals surface area contributed by atoms with Crippen LogP contribution in [0.15, 0.2) is 0 Å². The number of esters is 1. The van der Waals surface area contributed by atoms with E-state index in [1.807, 2.05) is 0 Å². The molecule has 13 heavy (non-hydrogen) atoms. The van der Waals surface area contributed by atoms with Crippen molar-refractivity contribution in [1.29, 1.82) is 0 Å². The summed E-state index contributed by atoms with van der Waals surface area (Å²) < 4.78 is 18.0. The third kappa shape index (κ3) is 7.36. The zero-order valence-corrected chi connectivity index (χ0v) is 7.91. The number of rotatable bonds is 6. The summed E-state index contributed by atoms with van der Waals surface area (Å²) >= 11 is 0. The van der Waals surface area contributed by atoms with Crippen LogP contribution in [0.25, 0.3) is 0 Å². The maximum absolute atomic E-state index is 10.7. The quantitative estimate of drug-likeness (QED) is 0.280. The van der Waals surface area contributed by atoms with Crippen LogP contribution in [0.1, 0.15) is 19.8 Å². The second-order valence-electron chi connectivity index (χ2n) is 1.91. The van der Waals surface area contributed by atoms with Gasteiger partial charge in [0.15, 0.2) is 0 Å². The molecule has 0 atom stereocenters. The number of hydrogen-bond acceptors (Lipinski definition) is 6. The molecule has 0 saturated heterocycles. The van der Waals surface area contributed by atoms with Gasteiger partial charge in [-0.3, -0.25) is 9.68 Å². The molecule has 0 aromatic carbocycles. The minimum absolute atomic E-state index is 0.0776. The minimum atomic E-state index is -0.767. The van der Waals surface area contributed by atoms with Crippen molar-refractivity contribution in [3.63, 3.8) is 0 Å². The maximum atomic E-state index is 10.7. The molecule has 0 heterocycles. The lowest BCUT2D eigenvalue weighted by Gasteiger charge is -1.99. The Kier molecular flexibility index (Phi) is 7.05. The largest absolute Gasteiger partial charge is 0.466 e. The number of hydrogen-bond donors (Lipinski definition) is 0. The average Bonchev–Trinajstić information content (AvgIpc) is 2.12. The van der Waals surface area contributed by atoms with E-state index < -0.39 is 20.6 Å². The highest BCUT2D eigenvalue weighted by Gasteiger charge is 2.09. The maximum Gasteiger partial charge on any atom is 0.372 e. The molecular weight excluding hydrogens is 199 g/mol. The topological polar surface area (TPSA) is 78.9 Å². The van der Waals surface area contributed by atoms with Crippen molar-refractivity contribution >= 4 is 20.6 Å². The van der Waals surface area contributed by atoms with Crippen molar-refractivity contribution in [2.24, 2.45) is 0 Å². The first-order chi connectivity index (χ1) is 6.20. The third-order valence-electron chi connectivity index (χ3n) is 0.999. The zero-order chi connectivity index (χ0) is 10.1. The molecule has 0 rings (SSSR count). The fourth-order valence-corrected chi connectivity index (χ4v) is 0.649. The Morgan fingerprint density at radius 1 is 1.23 bits per heavy atom. The van der Waals surface area contributed by atoms with Crippen molar-refractivity contribution in [3.05, 3.63) is 0 Å². The van der Waals surface area contributed by atoms with Gasteiger partial charge in [-0.15, -0.1) is 0 Å². The molecule has 0 amide bonds. The molecule has 0 unspecified atom stereocenters. The molecule has 0 aliphatic carbocycles. The van der Waals surface area contributed by atoms with Crippen LogP contribution in [0.3, 0.4) is 0 Å². The van der Waals surface area contributed by atoms with Gasteiger partial charge in [0.05, 0.1) is 19.4 Å². The van der Waals surface area contributed by atoms with Crippen LogP contribution < -0.4 is 0 Å². The molecule has 74 valence electrons. The normalized spacial score (nSPS) is 9.62. The summed E-state index contributed by atoms with van der Waals surface area (Å²) in [5, 5.41) is 0. The molecule has 0 aliphatic rings. The summed E-state index contributed by atoms with van der Waals surface area (Å²) in [6.45, 7) is 1.93. The molecular formula is C6H9O6P. The molecule has 0 bridgehead atoms. The lowest BCUT2D eigenvalue weighted by Crippen LogP contribution is -2.08. The predicted molar refractivity (Wildman–Crippen MR) is 40.7 cm³/mol. The molecule has 0 aliphatic heterocycles. The van der Waals surface area contributed by atoms with Gasteiger partial charge in [0.25, 0.3) is 0 Å². The van der Waals surface area contributed by atoms with Gasteiger partial charge in [-0.1, -0.05) is 4.67 Å². The van der Waals surface area contributed by atoms with Crippen LogP contribution in [-0.4, -0.2) is 18.5 Å². The Labute approximate surface area is 76.4 Å². The van der Waals surface area contributed by atoms with Gasteiger partial charge >= 0.3 is 20.6 Å². The van der Waals surface area contributed by atoms with Crippen LogP contribution in [0.2, 0.25) is 0 Å². The highest BCUT2D eigenvalue weighted by atomic mass is 31.1. The second-order valence-corrected chi connectivity index (χ2v) is 2.21. The van der Waals surface area contributed by atoms with Gasteiger partial charge in [0.1, 0.15) is 0 Å². The summed E-state index contributed by atoms with van der Waals surface area (Å²) in [6, 6.07) is 0. The van der Waals surface area contributed by atoms with Gasteiger partial charge < -0.3 is 4.74 Å². The minimum Gasteiger partial charge on any atom is -0.466 e. The molecule has 0 aromatic heterocycles. The third-order valence-corrected chi connectivity index (χ3v) is 1.13. The van der Waals surface area contributed by atoms with Crippen LogP contribution in [-0.2, 0) is 28.5 Å². The van der Waals surface area contributed by atoms with E-state index in [1.165, 1.54) is 0 Å². The van der Waals surface area contributed by atoms with Gasteiger partial charge in [-0.25, -0.2) is 9.36 Å². The van der Waals surface area contributed by atoms with Crippen molar-refractivity contribution in [2.75, 3.05) is 6.61 Å². The van der Waals surface area contributed by atoms with Crippen molar-refractivity contribution in [3.8, 4) is 0 Å². The van der Waals surface area contributed by atoms with E-state index in [2.05, 4.69) is 14.3 Å². The van der Waals surface area contributed by atoms with Crippen LogP contribution in [0.4, 0.5) is 0 Å². The summed E-state index contributed by atoms with van der Waals surface area (Å²) in [5.74, 6) is -1.25. The van der Waals surface area contributed by atoms with Gasteiger partial charge in [-0.2, -0.15) is 0 Å². The Hall–Kier alpha value is -1.00. The first kappa shape index (κ1) is 12.0.